The zero-order valence-corrected chi connectivity index (χ0v) is 13.3. The van der Waals surface area contributed by atoms with Crippen LogP contribution in [-0.2, 0) is 11.3 Å². The summed E-state index contributed by atoms with van der Waals surface area (Å²) in [5.74, 6) is 0.711. The Morgan fingerprint density at radius 3 is 2.70 bits per heavy atom. The molecule has 1 atom stereocenters. The fourth-order valence-electron chi connectivity index (χ4n) is 2.23. The van der Waals surface area contributed by atoms with Gasteiger partial charge in [-0.3, -0.25) is 4.79 Å². The summed E-state index contributed by atoms with van der Waals surface area (Å²) in [5, 5.41) is 6.41. The highest BCUT2D eigenvalue weighted by Gasteiger charge is 2.10. The molecule has 0 radical (unpaired) electrons. The monoisotopic (exact) mass is 279 g/mol. The number of aromatic nitrogens is 1. The van der Waals surface area contributed by atoms with E-state index in [1.807, 2.05) is 10.8 Å². The lowest BCUT2D eigenvalue weighted by Crippen LogP contribution is -2.28. The first kappa shape index (κ1) is 16.8. The van der Waals surface area contributed by atoms with E-state index in [0.717, 1.165) is 25.9 Å². The molecule has 1 aromatic heterocycles. The largest absolute Gasteiger partial charge is 0.355 e. The van der Waals surface area contributed by atoms with Crippen molar-refractivity contribution in [3.8, 4) is 0 Å². The van der Waals surface area contributed by atoms with Crippen molar-refractivity contribution < 1.29 is 4.79 Å². The van der Waals surface area contributed by atoms with Crippen LogP contribution in [-0.4, -0.2) is 23.6 Å². The maximum atomic E-state index is 11.8. The van der Waals surface area contributed by atoms with E-state index in [1.54, 1.807) is 0 Å². The van der Waals surface area contributed by atoms with Crippen LogP contribution in [0.15, 0.2) is 18.5 Å². The van der Waals surface area contributed by atoms with Gasteiger partial charge in [-0.25, -0.2) is 0 Å². The molecule has 4 nitrogen and oxygen atoms in total. The molecule has 0 saturated carbocycles. The predicted octanol–water partition coefficient (Wildman–Crippen LogP) is 2.71. The minimum absolute atomic E-state index is 0.0873. The van der Waals surface area contributed by atoms with E-state index in [9.17, 15) is 4.79 Å². The molecule has 20 heavy (non-hydrogen) atoms. The van der Waals surface area contributed by atoms with Gasteiger partial charge in [0.2, 0.25) is 5.91 Å². The first-order valence-corrected chi connectivity index (χ1v) is 7.72. The number of hydrogen-bond acceptors (Lipinski definition) is 2. The SMILES string of the molecule is CCNC(CC)c1ccn(CC(=O)NCCC(C)C)c1. The molecule has 1 heterocycles. The Bertz CT molecular complexity index is 398. The van der Waals surface area contributed by atoms with Crippen molar-refractivity contribution in [3.63, 3.8) is 0 Å². The molecule has 0 aliphatic carbocycles. The van der Waals surface area contributed by atoms with Crippen LogP contribution in [0.2, 0.25) is 0 Å². The van der Waals surface area contributed by atoms with Crippen LogP contribution in [0.1, 0.15) is 52.1 Å². The molecular formula is C16H29N3O. The van der Waals surface area contributed by atoms with Crippen molar-refractivity contribution in [2.75, 3.05) is 13.1 Å². The van der Waals surface area contributed by atoms with Gasteiger partial charge in [0.05, 0.1) is 0 Å². The number of nitrogens with one attached hydrogen (secondary N) is 2. The number of rotatable bonds is 9. The predicted molar refractivity (Wildman–Crippen MR) is 83.6 cm³/mol. The van der Waals surface area contributed by atoms with Crippen molar-refractivity contribution in [2.24, 2.45) is 5.92 Å². The van der Waals surface area contributed by atoms with Gasteiger partial charge in [0, 0.05) is 25.0 Å². The molecule has 0 fully saturated rings. The van der Waals surface area contributed by atoms with Crippen LogP contribution in [0, 0.1) is 5.92 Å². The third-order valence-corrected chi connectivity index (χ3v) is 3.40. The highest BCUT2D eigenvalue weighted by molar-refractivity contribution is 5.75. The summed E-state index contributed by atoms with van der Waals surface area (Å²) in [4.78, 5) is 11.8. The molecule has 0 aliphatic heterocycles. The van der Waals surface area contributed by atoms with Crippen LogP contribution in [0.25, 0.3) is 0 Å². The Morgan fingerprint density at radius 2 is 2.10 bits per heavy atom. The summed E-state index contributed by atoms with van der Waals surface area (Å²) in [6.45, 7) is 10.7. The van der Waals surface area contributed by atoms with Crippen LogP contribution < -0.4 is 10.6 Å². The number of hydrogen-bond donors (Lipinski definition) is 2. The zero-order chi connectivity index (χ0) is 15.0. The van der Waals surface area contributed by atoms with Gasteiger partial charge in [0.15, 0.2) is 0 Å². The van der Waals surface area contributed by atoms with Gasteiger partial charge in [0.1, 0.15) is 6.54 Å². The molecule has 114 valence electrons. The van der Waals surface area contributed by atoms with Gasteiger partial charge in [-0.05, 0) is 36.9 Å². The Hall–Kier alpha value is -1.29. The Labute approximate surface area is 122 Å². The number of carbonyl (C=O) groups excluding carboxylic acids is 1. The number of carbonyl (C=O) groups is 1. The van der Waals surface area contributed by atoms with Gasteiger partial charge in [0.25, 0.3) is 0 Å². The highest BCUT2D eigenvalue weighted by atomic mass is 16.1. The lowest BCUT2D eigenvalue weighted by atomic mass is 10.1. The lowest BCUT2D eigenvalue weighted by molar-refractivity contribution is -0.121. The maximum Gasteiger partial charge on any atom is 0.239 e. The molecule has 1 aromatic rings. The fourth-order valence-corrected chi connectivity index (χ4v) is 2.23. The van der Waals surface area contributed by atoms with E-state index < -0.39 is 0 Å². The van der Waals surface area contributed by atoms with Crippen LogP contribution >= 0.6 is 0 Å². The van der Waals surface area contributed by atoms with Crippen molar-refractivity contribution in [2.45, 2.75) is 53.1 Å². The fraction of sp³-hybridized carbons (Fsp3) is 0.688. The van der Waals surface area contributed by atoms with E-state index >= 15 is 0 Å². The zero-order valence-electron chi connectivity index (χ0n) is 13.3. The van der Waals surface area contributed by atoms with Gasteiger partial charge in [-0.1, -0.05) is 27.7 Å². The van der Waals surface area contributed by atoms with E-state index in [-0.39, 0.29) is 5.91 Å². The van der Waals surface area contributed by atoms with Gasteiger partial charge in [-0.15, -0.1) is 0 Å². The Balaban J connectivity index is 2.44. The van der Waals surface area contributed by atoms with Crippen molar-refractivity contribution >= 4 is 5.91 Å². The van der Waals surface area contributed by atoms with Gasteiger partial charge in [-0.2, -0.15) is 0 Å². The molecule has 1 unspecified atom stereocenters. The molecule has 0 spiro atoms. The summed E-state index contributed by atoms with van der Waals surface area (Å²) in [6, 6.07) is 2.48. The number of amides is 1. The highest BCUT2D eigenvalue weighted by Crippen LogP contribution is 2.16. The second-order valence-electron chi connectivity index (χ2n) is 5.67. The Morgan fingerprint density at radius 1 is 1.35 bits per heavy atom. The van der Waals surface area contributed by atoms with E-state index in [2.05, 4.69) is 50.6 Å². The van der Waals surface area contributed by atoms with Gasteiger partial charge < -0.3 is 15.2 Å². The summed E-state index contributed by atoms with van der Waals surface area (Å²) >= 11 is 0. The minimum atomic E-state index is 0.0873. The van der Waals surface area contributed by atoms with Gasteiger partial charge >= 0.3 is 0 Å². The topological polar surface area (TPSA) is 46.1 Å². The summed E-state index contributed by atoms with van der Waals surface area (Å²) in [6.07, 6.45) is 6.13. The third kappa shape index (κ3) is 5.78. The summed E-state index contributed by atoms with van der Waals surface area (Å²) < 4.78 is 1.96. The first-order chi connectivity index (χ1) is 9.56. The van der Waals surface area contributed by atoms with Crippen molar-refractivity contribution in [1.82, 2.24) is 15.2 Å². The van der Waals surface area contributed by atoms with Crippen LogP contribution in [0.4, 0.5) is 0 Å². The second kappa shape index (κ2) is 8.80. The lowest BCUT2D eigenvalue weighted by Gasteiger charge is -2.14. The third-order valence-electron chi connectivity index (χ3n) is 3.40. The molecule has 1 rings (SSSR count). The average molecular weight is 279 g/mol. The van der Waals surface area contributed by atoms with Crippen molar-refractivity contribution in [3.05, 3.63) is 24.0 Å². The van der Waals surface area contributed by atoms with Crippen LogP contribution in [0.3, 0.4) is 0 Å². The first-order valence-electron chi connectivity index (χ1n) is 7.72. The van der Waals surface area contributed by atoms with E-state index in [1.165, 1.54) is 5.56 Å². The minimum Gasteiger partial charge on any atom is -0.355 e. The van der Waals surface area contributed by atoms with Crippen LogP contribution in [0.5, 0.6) is 0 Å². The smallest absolute Gasteiger partial charge is 0.239 e. The molecule has 0 saturated heterocycles. The average Bonchev–Trinajstić information content (AvgIpc) is 2.83. The molecule has 0 aromatic carbocycles. The normalized spacial score (nSPS) is 12.7. The standard InChI is InChI=1S/C16H29N3O/c1-5-15(17-6-2)14-8-10-19(11-14)12-16(20)18-9-7-13(3)4/h8,10-11,13,15,17H,5-7,9,12H2,1-4H3,(H,18,20). The molecule has 0 aliphatic rings. The maximum absolute atomic E-state index is 11.8. The van der Waals surface area contributed by atoms with E-state index in [4.69, 9.17) is 0 Å². The molecule has 0 bridgehead atoms. The Kier molecular flexibility index (Phi) is 7.37. The molecule has 4 heteroatoms. The second-order valence-corrected chi connectivity index (χ2v) is 5.67. The molecule has 1 amide bonds. The van der Waals surface area contributed by atoms with Crippen molar-refractivity contribution in [1.29, 1.82) is 0 Å². The number of nitrogens with zero attached hydrogens (tertiary/aromatic N) is 1. The quantitative estimate of drug-likeness (QED) is 0.730. The molecule has 2 N–H and O–H groups in total. The summed E-state index contributed by atoms with van der Waals surface area (Å²) in [5.41, 5.74) is 1.25. The van der Waals surface area contributed by atoms with E-state index in [0.29, 0.717) is 18.5 Å². The summed E-state index contributed by atoms with van der Waals surface area (Å²) in [7, 11) is 0. The molecular weight excluding hydrogens is 250 g/mol.